The number of aldehydes is 1. The van der Waals surface area contributed by atoms with Gasteiger partial charge in [0.25, 0.3) is 0 Å². The molecule has 0 saturated carbocycles. The van der Waals surface area contributed by atoms with Gasteiger partial charge in [-0.3, -0.25) is 0 Å². The fraction of sp³-hybridized carbons (Fsp3) is 0.562. The second-order valence-corrected chi connectivity index (χ2v) is 5.53. The van der Waals surface area contributed by atoms with Crippen LogP contribution in [0.1, 0.15) is 25.8 Å². The first-order valence-corrected chi connectivity index (χ1v) is 6.98. The molecule has 2 unspecified atom stereocenters. The highest BCUT2D eigenvalue weighted by Crippen LogP contribution is 2.28. The zero-order valence-electron chi connectivity index (χ0n) is 12.1. The van der Waals surface area contributed by atoms with Crippen molar-refractivity contribution >= 4 is 6.29 Å². The van der Waals surface area contributed by atoms with Gasteiger partial charge in [-0.05, 0) is 19.4 Å². The molecule has 0 spiro atoms. The van der Waals surface area contributed by atoms with Crippen LogP contribution in [0.2, 0.25) is 0 Å². The van der Waals surface area contributed by atoms with E-state index in [0.717, 1.165) is 11.8 Å². The Morgan fingerprint density at radius 3 is 2.80 bits per heavy atom. The quantitative estimate of drug-likeness (QED) is 0.750. The Hall–Kier alpha value is -1.23. The van der Waals surface area contributed by atoms with Crippen LogP contribution in [0.15, 0.2) is 30.3 Å². The molecule has 0 amide bonds. The zero-order chi connectivity index (χ0) is 14.4. The van der Waals surface area contributed by atoms with Crippen molar-refractivity contribution in [3.05, 3.63) is 35.9 Å². The van der Waals surface area contributed by atoms with E-state index in [1.54, 1.807) is 0 Å². The molecule has 0 N–H and O–H groups in total. The monoisotopic (exact) mass is 278 g/mol. The van der Waals surface area contributed by atoms with Gasteiger partial charge in [0.1, 0.15) is 6.29 Å². The van der Waals surface area contributed by atoms with Crippen molar-refractivity contribution in [1.82, 2.24) is 0 Å². The predicted octanol–water partition coefficient (Wildman–Crippen LogP) is 2.56. The van der Waals surface area contributed by atoms with Gasteiger partial charge in [-0.2, -0.15) is 0 Å². The maximum atomic E-state index is 10.7. The molecule has 0 bridgehead atoms. The van der Waals surface area contributed by atoms with E-state index >= 15 is 0 Å². The van der Waals surface area contributed by atoms with Gasteiger partial charge < -0.3 is 19.0 Å². The average Bonchev–Trinajstić information content (AvgIpc) is 2.43. The van der Waals surface area contributed by atoms with E-state index in [4.69, 9.17) is 14.2 Å². The lowest BCUT2D eigenvalue weighted by Crippen LogP contribution is -2.47. The lowest BCUT2D eigenvalue weighted by atomic mass is 9.98. The van der Waals surface area contributed by atoms with Crippen LogP contribution in [0.25, 0.3) is 0 Å². The normalized spacial score (nSPS) is 25.3. The van der Waals surface area contributed by atoms with E-state index in [1.807, 2.05) is 44.2 Å². The molecule has 0 aromatic heterocycles. The molecule has 1 aliphatic rings. The third-order valence-electron chi connectivity index (χ3n) is 3.40. The highest BCUT2D eigenvalue weighted by atomic mass is 16.7. The molecule has 1 saturated heterocycles. The molecule has 4 nitrogen and oxygen atoms in total. The number of hydrogen-bond acceptors (Lipinski definition) is 4. The molecule has 2 atom stereocenters. The molecule has 4 heteroatoms. The topological polar surface area (TPSA) is 44.8 Å². The van der Waals surface area contributed by atoms with Crippen molar-refractivity contribution in [3.63, 3.8) is 0 Å². The number of carbonyl (C=O) groups is 1. The standard InChI is InChI=1S/C16H22O4/c1-16(2)19-11-14(8-9-17)15(20-16)12-18-10-13-6-4-3-5-7-13/h3-7,9,14-15H,8,10-12H2,1-2H3. The number of benzene rings is 1. The number of carbonyl (C=O) groups excluding carboxylic acids is 1. The summed E-state index contributed by atoms with van der Waals surface area (Å²) in [5.74, 6) is -0.545. The Balaban J connectivity index is 1.85. The van der Waals surface area contributed by atoms with E-state index in [1.165, 1.54) is 0 Å². The Labute approximate surface area is 120 Å². The first-order valence-electron chi connectivity index (χ1n) is 6.98. The van der Waals surface area contributed by atoms with Crippen LogP contribution in [0, 0.1) is 5.92 Å². The molecule has 1 aliphatic heterocycles. The molecule has 1 aromatic rings. The molecule has 0 radical (unpaired) electrons. The van der Waals surface area contributed by atoms with E-state index in [9.17, 15) is 4.79 Å². The molecule has 2 rings (SSSR count). The fourth-order valence-electron chi connectivity index (χ4n) is 2.29. The summed E-state index contributed by atoms with van der Waals surface area (Å²) in [5, 5.41) is 0. The Morgan fingerprint density at radius 2 is 2.10 bits per heavy atom. The maximum absolute atomic E-state index is 10.7. The van der Waals surface area contributed by atoms with Crippen molar-refractivity contribution in [2.24, 2.45) is 5.92 Å². The highest BCUT2D eigenvalue weighted by Gasteiger charge is 2.36. The van der Waals surface area contributed by atoms with Crippen molar-refractivity contribution in [1.29, 1.82) is 0 Å². The minimum absolute atomic E-state index is 0.0660. The van der Waals surface area contributed by atoms with Crippen molar-refractivity contribution in [3.8, 4) is 0 Å². The third kappa shape index (κ3) is 4.40. The lowest BCUT2D eigenvalue weighted by Gasteiger charge is -2.40. The summed E-state index contributed by atoms with van der Waals surface area (Å²) in [6, 6.07) is 10.0. The Bertz CT molecular complexity index is 416. The van der Waals surface area contributed by atoms with E-state index in [0.29, 0.717) is 26.2 Å². The molecule has 110 valence electrons. The van der Waals surface area contributed by atoms with Gasteiger partial charge in [0.05, 0.1) is 25.9 Å². The van der Waals surface area contributed by atoms with Crippen LogP contribution >= 0.6 is 0 Å². The SMILES string of the molecule is CC1(C)OCC(CC=O)C(COCc2ccccc2)O1. The van der Waals surface area contributed by atoms with Crippen molar-refractivity contribution in [2.45, 2.75) is 38.8 Å². The maximum Gasteiger partial charge on any atom is 0.163 e. The first-order chi connectivity index (χ1) is 9.61. The minimum Gasteiger partial charge on any atom is -0.374 e. The van der Waals surface area contributed by atoms with Crippen LogP contribution in [0.5, 0.6) is 0 Å². The van der Waals surface area contributed by atoms with Gasteiger partial charge in [-0.15, -0.1) is 0 Å². The molecule has 1 aromatic carbocycles. The number of ether oxygens (including phenoxy) is 3. The second kappa shape index (κ2) is 6.97. The van der Waals surface area contributed by atoms with Gasteiger partial charge in [-0.1, -0.05) is 30.3 Å². The third-order valence-corrected chi connectivity index (χ3v) is 3.40. The second-order valence-electron chi connectivity index (χ2n) is 5.53. The molecular weight excluding hydrogens is 256 g/mol. The van der Waals surface area contributed by atoms with Gasteiger partial charge in [-0.25, -0.2) is 0 Å². The van der Waals surface area contributed by atoms with Crippen LogP contribution in [-0.4, -0.2) is 31.4 Å². The summed E-state index contributed by atoms with van der Waals surface area (Å²) in [6.07, 6.45) is 1.25. The van der Waals surface area contributed by atoms with Crippen LogP contribution in [0.3, 0.4) is 0 Å². The summed E-state index contributed by atoms with van der Waals surface area (Å²) >= 11 is 0. The van der Waals surface area contributed by atoms with Crippen molar-refractivity contribution < 1.29 is 19.0 Å². The van der Waals surface area contributed by atoms with Gasteiger partial charge >= 0.3 is 0 Å². The van der Waals surface area contributed by atoms with E-state index in [-0.39, 0.29) is 12.0 Å². The zero-order valence-corrected chi connectivity index (χ0v) is 12.1. The van der Waals surface area contributed by atoms with Gasteiger partial charge in [0.15, 0.2) is 5.79 Å². The highest BCUT2D eigenvalue weighted by molar-refractivity contribution is 5.49. The Morgan fingerprint density at radius 1 is 1.35 bits per heavy atom. The Kier molecular flexibility index (Phi) is 5.29. The summed E-state index contributed by atoms with van der Waals surface area (Å²) in [4.78, 5) is 10.7. The van der Waals surface area contributed by atoms with Crippen LogP contribution in [0.4, 0.5) is 0 Å². The molecule has 20 heavy (non-hydrogen) atoms. The molecule has 1 fully saturated rings. The van der Waals surface area contributed by atoms with Gasteiger partial charge in [0, 0.05) is 12.3 Å². The van der Waals surface area contributed by atoms with Crippen LogP contribution < -0.4 is 0 Å². The largest absolute Gasteiger partial charge is 0.374 e. The minimum atomic E-state index is -0.611. The average molecular weight is 278 g/mol. The van der Waals surface area contributed by atoms with Crippen LogP contribution in [-0.2, 0) is 25.6 Å². The summed E-state index contributed by atoms with van der Waals surface area (Å²) in [7, 11) is 0. The summed E-state index contributed by atoms with van der Waals surface area (Å²) < 4.78 is 17.2. The molecule has 1 heterocycles. The van der Waals surface area contributed by atoms with E-state index in [2.05, 4.69) is 0 Å². The predicted molar refractivity (Wildman–Crippen MR) is 75.2 cm³/mol. The number of hydrogen-bond donors (Lipinski definition) is 0. The fourth-order valence-corrected chi connectivity index (χ4v) is 2.29. The lowest BCUT2D eigenvalue weighted by molar-refractivity contribution is -0.300. The first kappa shape index (κ1) is 15.2. The summed E-state index contributed by atoms with van der Waals surface area (Å²) in [6.45, 7) is 5.32. The van der Waals surface area contributed by atoms with Crippen molar-refractivity contribution in [2.75, 3.05) is 13.2 Å². The van der Waals surface area contributed by atoms with E-state index < -0.39 is 5.79 Å². The van der Waals surface area contributed by atoms with Gasteiger partial charge in [0.2, 0.25) is 0 Å². The smallest absolute Gasteiger partial charge is 0.163 e. The molecule has 0 aliphatic carbocycles. The number of rotatable bonds is 6. The summed E-state index contributed by atoms with van der Waals surface area (Å²) in [5.41, 5.74) is 1.13. The molecular formula is C16H22O4.